The minimum Gasteiger partial charge on any atom is -0.481 e. The normalized spacial score (nSPS) is 29.8. The Balaban J connectivity index is 1.78. The van der Waals surface area contributed by atoms with Crippen molar-refractivity contribution >= 4 is 5.97 Å². The number of aliphatic carboxylic acids is 1. The first-order valence-electron chi connectivity index (χ1n) is 9.96. The van der Waals surface area contributed by atoms with E-state index in [-0.39, 0.29) is 12.5 Å². The molecule has 0 aromatic heterocycles. The lowest BCUT2D eigenvalue weighted by Gasteiger charge is -2.28. The number of aliphatic hydroxyl groups is 1. The van der Waals surface area contributed by atoms with E-state index in [9.17, 15) is 9.90 Å². The summed E-state index contributed by atoms with van der Waals surface area (Å²) in [6.07, 6.45) is 16.7. The number of unbranched alkanes of at least 4 members (excludes halogenated alkanes) is 3. The van der Waals surface area contributed by atoms with Gasteiger partial charge in [0.15, 0.2) is 0 Å². The van der Waals surface area contributed by atoms with Gasteiger partial charge in [-0.05, 0) is 43.9 Å². The first-order valence-corrected chi connectivity index (χ1v) is 9.96. The van der Waals surface area contributed by atoms with Gasteiger partial charge in [-0.3, -0.25) is 4.79 Å². The summed E-state index contributed by atoms with van der Waals surface area (Å²) in [6.45, 7) is 3.04. The zero-order valence-electron chi connectivity index (χ0n) is 15.5. The molecule has 1 saturated carbocycles. The molecule has 4 nitrogen and oxygen atoms in total. The molecule has 5 atom stereocenters. The first kappa shape index (κ1) is 20.2. The summed E-state index contributed by atoms with van der Waals surface area (Å²) in [4.78, 5) is 10.5. The smallest absolute Gasteiger partial charge is 0.303 e. The fourth-order valence-corrected chi connectivity index (χ4v) is 4.15. The molecule has 0 radical (unpaired) electrons. The van der Waals surface area contributed by atoms with Crippen molar-refractivity contribution in [3.63, 3.8) is 0 Å². The number of carboxylic acids is 1. The highest BCUT2D eigenvalue weighted by Crippen LogP contribution is 2.47. The molecule has 0 aromatic carbocycles. The molecule has 1 unspecified atom stereocenters. The van der Waals surface area contributed by atoms with Crippen LogP contribution in [-0.2, 0) is 9.53 Å². The Morgan fingerprint density at radius 1 is 1.28 bits per heavy atom. The predicted molar refractivity (Wildman–Crippen MR) is 99.4 cm³/mol. The minimum atomic E-state index is -0.721. The Morgan fingerprint density at radius 2 is 2.12 bits per heavy atom. The van der Waals surface area contributed by atoms with Crippen molar-refractivity contribution in [1.82, 2.24) is 0 Å². The number of carbonyl (C=O) groups is 1. The molecule has 2 fully saturated rings. The highest BCUT2D eigenvalue weighted by molar-refractivity contribution is 5.66. The third-order valence-electron chi connectivity index (χ3n) is 5.58. The summed E-state index contributed by atoms with van der Waals surface area (Å²) in [5, 5.41) is 18.8. The molecule has 142 valence electrons. The van der Waals surface area contributed by atoms with Crippen molar-refractivity contribution in [2.24, 2.45) is 17.8 Å². The molecule has 25 heavy (non-hydrogen) atoms. The Kier molecular flexibility index (Phi) is 8.70. The van der Waals surface area contributed by atoms with E-state index in [4.69, 9.17) is 9.84 Å². The second-order valence-electron chi connectivity index (χ2n) is 7.55. The van der Waals surface area contributed by atoms with Gasteiger partial charge in [-0.2, -0.15) is 0 Å². The number of fused-ring (bicyclic) bond motifs is 2. The van der Waals surface area contributed by atoms with Gasteiger partial charge in [-0.25, -0.2) is 0 Å². The minimum absolute atomic E-state index is 0.244. The van der Waals surface area contributed by atoms with E-state index in [1.54, 1.807) is 0 Å². The number of rotatable bonds is 12. The van der Waals surface area contributed by atoms with Crippen LogP contribution in [0.3, 0.4) is 0 Å². The molecule has 2 bridgehead atoms. The molecule has 2 rings (SSSR count). The van der Waals surface area contributed by atoms with Gasteiger partial charge in [0.25, 0.3) is 0 Å². The van der Waals surface area contributed by atoms with Crippen LogP contribution < -0.4 is 0 Å². The van der Waals surface area contributed by atoms with Gasteiger partial charge in [0.2, 0.25) is 0 Å². The van der Waals surface area contributed by atoms with Crippen LogP contribution in [0.1, 0.15) is 64.7 Å². The third kappa shape index (κ3) is 6.59. The van der Waals surface area contributed by atoms with Gasteiger partial charge >= 0.3 is 5.97 Å². The largest absolute Gasteiger partial charge is 0.481 e. The fourth-order valence-electron chi connectivity index (χ4n) is 4.15. The Morgan fingerprint density at radius 3 is 2.88 bits per heavy atom. The van der Waals surface area contributed by atoms with Crippen LogP contribution in [0.2, 0.25) is 0 Å². The van der Waals surface area contributed by atoms with Crippen LogP contribution in [0.5, 0.6) is 0 Å². The Bertz CT molecular complexity index is 457. The third-order valence-corrected chi connectivity index (χ3v) is 5.58. The van der Waals surface area contributed by atoms with Crippen molar-refractivity contribution in [1.29, 1.82) is 0 Å². The maximum atomic E-state index is 10.5. The average Bonchev–Trinajstić information content (AvgIpc) is 3.17. The Labute approximate surface area is 152 Å². The zero-order chi connectivity index (χ0) is 18.1. The Hall–Kier alpha value is -1.13. The van der Waals surface area contributed by atoms with Crippen LogP contribution in [0.15, 0.2) is 24.3 Å². The molecule has 2 N–H and O–H groups in total. The number of allylic oxidation sites excluding steroid dienone is 2. The SMILES string of the molecule is CCCCC[C@H](O)/C=C/[C@H]1C(C/C=C/CCCC(=O)O)[C@H]2CO[C@H]1C2. The van der Waals surface area contributed by atoms with E-state index >= 15 is 0 Å². The average molecular weight is 350 g/mol. The summed E-state index contributed by atoms with van der Waals surface area (Å²) < 4.78 is 5.87. The quantitative estimate of drug-likeness (QED) is 0.406. The molecular formula is C21H34O4. The molecule has 0 aromatic rings. The lowest BCUT2D eigenvalue weighted by atomic mass is 9.84. The van der Waals surface area contributed by atoms with Crippen molar-refractivity contribution < 1.29 is 19.7 Å². The number of carboxylic acid groups (broad SMARTS) is 1. The van der Waals surface area contributed by atoms with Crippen LogP contribution >= 0.6 is 0 Å². The van der Waals surface area contributed by atoms with E-state index in [1.807, 2.05) is 6.08 Å². The van der Waals surface area contributed by atoms with E-state index < -0.39 is 5.97 Å². The van der Waals surface area contributed by atoms with E-state index in [0.29, 0.717) is 30.3 Å². The molecule has 0 amide bonds. The highest BCUT2D eigenvalue weighted by Gasteiger charge is 2.46. The molecule has 4 heteroatoms. The molecule has 1 aliphatic heterocycles. The number of aliphatic hydroxyl groups excluding tert-OH is 1. The summed E-state index contributed by atoms with van der Waals surface area (Å²) >= 11 is 0. The van der Waals surface area contributed by atoms with Crippen LogP contribution in [0.25, 0.3) is 0 Å². The summed E-state index contributed by atoms with van der Waals surface area (Å²) in [7, 11) is 0. The number of ether oxygens (including phenoxy) is 1. The van der Waals surface area contributed by atoms with E-state index in [2.05, 4.69) is 25.2 Å². The topological polar surface area (TPSA) is 66.8 Å². The van der Waals surface area contributed by atoms with Crippen LogP contribution in [0, 0.1) is 17.8 Å². The van der Waals surface area contributed by atoms with Crippen LogP contribution in [-0.4, -0.2) is 35.0 Å². The monoisotopic (exact) mass is 350 g/mol. The molecule has 1 saturated heterocycles. The maximum Gasteiger partial charge on any atom is 0.303 e. The zero-order valence-corrected chi connectivity index (χ0v) is 15.5. The predicted octanol–water partition coefficient (Wildman–Crippen LogP) is 4.34. The van der Waals surface area contributed by atoms with Crippen LogP contribution in [0.4, 0.5) is 0 Å². The molecular weight excluding hydrogens is 316 g/mol. The van der Waals surface area contributed by atoms with Gasteiger partial charge in [-0.1, -0.05) is 50.5 Å². The lowest BCUT2D eigenvalue weighted by molar-refractivity contribution is -0.137. The van der Waals surface area contributed by atoms with Gasteiger partial charge in [0, 0.05) is 12.3 Å². The second kappa shape index (κ2) is 10.8. The second-order valence-corrected chi connectivity index (χ2v) is 7.55. The van der Waals surface area contributed by atoms with Gasteiger partial charge in [0.1, 0.15) is 0 Å². The van der Waals surface area contributed by atoms with E-state index in [0.717, 1.165) is 38.7 Å². The van der Waals surface area contributed by atoms with E-state index in [1.165, 1.54) is 12.8 Å². The highest BCUT2D eigenvalue weighted by atomic mass is 16.5. The fraction of sp³-hybridized carbons (Fsp3) is 0.762. The molecule has 0 spiro atoms. The standard InChI is InChI=1S/C21H34O4/c1-2-3-6-9-17(22)12-13-19-18(16-14-20(19)25-15-16)10-7-4-5-8-11-21(23)24/h4,7,12-13,16-20,22H,2-3,5-6,8-11,14-15H2,1H3,(H,23,24)/b7-4+,13-12+/t16-,17+,18?,19+,20+/m1/s1. The number of hydrogen-bond donors (Lipinski definition) is 2. The van der Waals surface area contributed by atoms with Crippen molar-refractivity contribution in [2.75, 3.05) is 6.61 Å². The van der Waals surface area contributed by atoms with Crippen molar-refractivity contribution in [3.05, 3.63) is 24.3 Å². The van der Waals surface area contributed by atoms with Gasteiger partial charge in [0.05, 0.1) is 18.8 Å². The molecule has 2 aliphatic rings. The summed E-state index contributed by atoms with van der Waals surface area (Å²) in [5.41, 5.74) is 0. The maximum absolute atomic E-state index is 10.5. The molecule has 1 aliphatic carbocycles. The van der Waals surface area contributed by atoms with Crippen molar-refractivity contribution in [2.45, 2.75) is 76.9 Å². The first-order chi connectivity index (χ1) is 12.1. The van der Waals surface area contributed by atoms with Gasteiger partial charge in [-0.15, -0.1) is 0 Å². The summed E-state index contributed by atoms with van der Waals surface area (Å²) in [6, 6.07) is 0. The van der Waals surface area contributed by atoms with Crippen molar-refractivity contribution in [3.8, 4) is 0 Å². The lowest BCUT2D eigenvalue weighted by Crippen LogP contribution is -2.27. The van der Waals surface area contributed by atoms with Gasteiger partial charge < -0.3 is 14.9 Å². The molecule has 1 heterocycles. The number of hydrogen-bond acceptors (Lipinski definition) is 3. The summed E-state index contributed by atoms with van der Waals surface area (Å²) in [5.74, 6) is 0.902.